The summed E-state index contributed by atoms with van der Waals surface area (Å²) in [5, 5.41) is -0.406. The Bertz CT molecular complexity index is 733. The molecule has 1 aromatic rings. The Morgan fingerprint density at radius 2 is 1.96 bits per heavy atom. The molecule has 0 atom stereocenters. The van der Waals surface area contributed by atoms with Crippen LogP contribution in [0.4, 0.5) is 10.1 Å². The summed E-state index contributed by atoms with van der Waals surface area (Å²) in [6, 6.07) is 2.53. The average molecular weight is 358 g/mol. The third kappa shape index (κ3) is 3.10. The van der Waals surface area contributed by atoms with Crippen LogP contribution in [-0.4, -0.2) is 45.8 Å². The lowest BCUT2D eigenvalue weighted by atomic mass is 10.1. The van der Waals surface area contributed by atoms with Crippen molar-refractivity contribution in [2.45, 2.75) is 0 Å². The Balaban J connectivity index is 2.63. The van der Waals surface area contributed by atoms with Crippen molar-refractivity contribution in [2.75, 3.05) is 32.5 Å². The van der Waals surface area contributed by atoms with Crippen LogP contribution in [0.5, 0.6) is 0 Å². The van der Waals surface area contributed by atoms with Gasteiger partial charge < -0.3 is 19.1 Å². The molecule has 0 fully saturated rings. The fourth-order valence-electron chi connectivity index (χ4n) is 2.19. The number of methoxy groups -OCH3 is 2. The van der Waals surface area contributed by atoms with E-state index in [1.54, 1.807) is 0 Å². The lowest BCUT2D eigenvalue weighted by molar-refractivity contribution is -0.140. The van der Waals surface area contributed by atoms with Crippen LogP contribution in [0.1, 0.15) is 10.4 Å². The molecule has 0 aliphatic carbocycles. The van der Waals surface area contributed by atoms with E-state index in [2.05, 4.69) is 9.47 Å². The molecular formula is C15H13ClFNO6. The molecule has 7 nitrogen and oxygen atoms in total. The molecule has 0 unspecified atom stereocenters. The Kier molecular flexibility index (Phi) is 5.53. The van der Waals surface area contributed by atoms with Crippen molar-refractivity contribution in [3.63, 3.8) is 0 Å². The number of nitrogens with zero attached hydrogens (tertiary/aromatic N) is 1. The number of anilines is 1. The molecule has 0 radical (unpaired) electrons. The number of aldehydes is 1. The third-order valence-corrected chi connectivity index (χ3v) is 3.73. The summed E-state index contributed by atoms with van der Waals surface area (Å²) in [5.41, 5.74) is -0.533. The molecule has 128 valence electrons. The molecule has 1 aromatic carbocycles. The monoisotopic (exact) mass is 357 g/mol. The van der Waals surface area contributed by atoms with Gasteiger partial charge in [0.15, 0.2) is 12.1 Å². The second-order valence-corrected chi connectivity index (χ2v) is 5.01. The Labute approximate surface area is 141 Å². The molecule has 0 spiro atoms. The number of hydrogen-bond donors (Lipinski definition) is 0. The van der Waals surface area contributed by atoms with E-state index in [0.29, 0.717) is 6.29 Å². The van der Waals surface area contributed by atoms with Gasteiger partial charge >= 0.3 is 11.9 Å². The van der Waals surface area contributed by atoms with E-state index in [4.69, 9.17) is 16.3 Å². The number of rotatable bonds is 4. The highest BCUT2D eigenvalue weighted by molar-refractivity contribution is 6.33. The number of ether oxygens (including phenoxy) is 3. The zero-order chi connectivity index (χ0) is 17.9. The lowest BCUT2D eigenvalue weighted by Crippen LogP contribution is -2.39. The zero-order valence-electron chi connectivity index (χ0n) is 12.8. The summed E-state index contributed by atoms with van der Waals surface area (Å²) in [7, 11) is 2.26. The first kappa shape index (κ1) is 17.9. The van der Waals surface area contributed by atoms with Gasteiger partial charge in [-0.15, -0.1) is 0 Å². The molecule has 2 rings (SSSR count). The van der Waals surface area contributed by atoms with E-state index in [1.165, 1.54) is 12.1 Å². The van der Waals surface area contributed by atoms with Gasteiger partial charge in [0.05, 0.1) is 37.1 Å². The Morgan fingerprint density at radius 1 is 1.29 bits per heavy atom. The van der Waals surface area contributed by atoms with Gasteiger partial charge in [-0.1, -0.05) is 11.6 Å². The van der Waals surface area contributed by atoms with Gasteiger partial charge in [-0.2, -0.15) is 0 Å². The number of benzene rings is 1. The largest absolute Gasteiger partial charge is 0.466 e. The van der Waals surface area contributed by atoms with Crippen LogP contribution < -0.4 is 4.90 Å². The minimum Gasteiger partial charge on any atom is -0.466 e. The van der Waals surface area contributed by atoms with Crippen LogP contribution in [0.25, 0.3) is 0 Å². The summed E-state index contributed by atoms with van der Waals surface area (Å²) in [6.07, 6.45) is 0.402. The second kappa shape index (κ2) is 7.41. The highest BCUT2D eigenvalue weighted by Crippen LogP contribution is 2.33. The van der Waals surface area contributed by atoms with E-state index in [9.17, 15) is 18.8 Å². The first-order valence-corrected chi connectivity index (χ1v) is 7.02. The van der Waals surface area contributed by atoms with Crippen molar-refractivity contribution in [2.24, 2.45) is 0 Å². The summed E-state index contributed by atoms with van der Waals surface area (Å²) in [5.74, 6) is -2.61. The minimum absolute atomic E-state index is 0.0485. The molecule has 0 aromatic heterocycles. The second-order valence-electron chi connectivity index (χ2n) is 4.64. The van der Waals surface area contributed by atoms with Crippen LogP contribution >= 0.6 is 11.6 Å². The normalized spacial score (nSPS) is 14.4. The Hall–Kier alpha value is -2.45. The molecular weight excluding hydrogens is 345 g/mol. The fraction of sp³-hybridized carbons (Fsp3) is 0.267. The van der Waals surface area contributed by atoms with Gasteiger partial charge in [0.2, 0.25) is 0 Å². The first-order valence-electron chi connectivity index (χ1n) is 6.64. The maximum Gasteiger partial charge on any atom is 0.355 e. The van der Waals surface area contributed by atoms with Crippen molar-refractivity contribution in [1.29, 1.82) is 0 Å². The van der Waals surface area contributed by atoms with Crippen LogP contribution in [0.15, 0.2) is 23.4 Å². The quantitative estimate of drug-likeness (QED) is 0.599. The van der Waals surface area contributed by atoms with E-state index in [-0.39, 0.29) is 35.9 Å². The number of esters is 2. The summed E-state index contributed by atoms with van der Waals surface area (Å²) in [6.45, 7) is -0.423. The van der Waals surface area contributed by atoms with E-state index in [1.807, 2.05) is 0 Å². The molecule has 0 N–H and O–H groups in total. The van der Waals surface area contributed by atoms with E-state index >= 15 is 0 Å². The molecule has 9 heteroatoms. The van der Waals surface area contributed by atoms with Crippen LogP contribution in [0.3, 0.4) is 0 Å². The summed E-state index contributed by atoms with van der Waals surface area (Å²) >= 11 is 5.81. The van der Waals surface area contributed by atoms with Gasteiger partial charge in [0.25, 0.3) is 0 Å². The standard InChI is InChI=1S/C15H13ClFNO6/c1-22-14(20)9-6-24-7-18(13(9)15(21)23-2)10-4-3-8(5-19)11(16)12(10)17/h3-5H,6-7H2,1-2H3. The van der Waals surface area contributed by atoms with Crippen LogP contribution in [0, 0.1) is 5.82 Å². The SMILES string of the molecule is COC(=O)C1=C(C(=O)OC)N(c2ccc(C=O)c(Cl)c2F)COC1. The third-order valence-electron chi connectivity index (χ3n) is 3.34. The minimum atomic E-state index is -0.933. The molecule has 1 aliphatic rings. The smallest absolute Gasteiger partial charge is 0.355 e. The zero-order valence-corrected chi connectivity index (χ0v) is 13.6. The van der Waals surface area contributed by atoms with Crippen LogP contribution in [0.2, 0.25) is 5.02 Å². The maximum absolute atomic E-state index is 14.5. The van der Waals surface area contributed by atoms with Crippen molar-refractivity contribution < 1.29 is 33.0 Å². The molecule has 24 heavy (non-hydrogen) atoms. The van der Waals surface area contributed by atoms with E-state index < -0.39 is 22.8 Å². The van der Waals surface area contributed by atoms with Gasteiger partial charge in [-0.05, 0) is 12.1 Å². The molecule has 1 heterocycles. The van der Waals surface area contributed by atoms with Crippen molar-refractivity contribution >= 4 is 35.5 Å². The highest BCUT2D eigenvalue weighted by atomic mass is 35.5. The van der Waals surface area contributed by atoms with Crippen molar-refractivity contribution in [3.05, 3.63) is 39.8 Å². The number of carbonyl (C=O) groups excluding carboxylic acids is 3. The molecule has 0 saturated carbocycles. The van der Waals surface area contributed by atoms with Gasteiger partial charge in [0.1, 0.15) is 12.4 Å². The predicted octanol–water partition coefficient (Wildman–Crippen LogP) is 1.69. The Morgan fingerprint density at radius 3 is 2.54 bits per heavy atom. The molecule has 1 aliphatic heterocycles. The highest BCUT2D eigenvalue weighted by Gasteiger charge is 2.34. The fourth-order valence-corrected chi connectivity index (χ4v) is 2.39. The van der Waals surface area contributed by atoms with Crippen molar-refractivity contribution in [3.8, 4) is 0 Å². The van der Waals surface area contributed by atoms with Crippen molar-refractivity contribution in [1.82, 2.24) is 0 Å². The summed E-state index contributed by atoms with van der Waals surface area (Å²) in [4.78, 5) is 35.9. The molecule has 0 bridgehead atoms. The van der Waals surface area contributed by atoms with Gasteiger partial charge in [0, 0.05) is 5.56 Å². The average Bonchev–Trinajstić information content (AvgIpc) is 2.62. The number of hydrogen-bond acceptors (Lipinski definition) is 7. The molecule has 0 amide bonds. The van der Waals surface area contributed by atoms with Crippen LogP contribution in [-0.2, 0) is 23.8 Å². The summed E-state index contributed by atoms with van der Waals surface area (Å²) < 4.78 is 29.0. The number of carbonyl (C=O) groups is 3. The van der Waals surface area contributed by atoms with Gasteiger partial charge in [-0.3, -0.25) is 4.79 Å². The lowest BCUT2D eigenvalue weighted by Gasteiger charge is -2.31. The van der Waals surface area contributed by atoms with E-state index in [0.717, 1.165) is 19.1 Å². The predicted molar refractivity (Wildman–Crippen MR) is 81.2 cm³/mol. The number of halogens is 2. The first-order chi connectivity index (χ1) is 11.5. The van der Waals surface area contributed by atoms with Gasteiger partial charge in [-0.25, -0.2) is 14.0 Å². The topological polar surface area (TPSA) is 82.1 Å². The maximum atomic E-state index is 14.5. The molecule has 0 saturated heterocycles.